The maximum atomic E-state index is 12.9. The molecule has 0 atom stereocenters. The van der Waals surface area contributed by atoms with Crippen LogP contribution in [0, 0.1) is 6.92 Å². The number of halogens is 2. The van der Waals surface area contributed by atoms with Crippen LogP contribution in [-0.2, 0) is 17.8 Å². The number of carboxylic acid groups (broad SMARTS) is 1. The molecule has 0 amide bonds. The summed E-state index contributed by atoms with van der Waals surface area (Å²) in [5, 5.41) is 11.9. The van der Waals surface area contributed by atoms with Crippen molar-refractivity contribution in [1.29, 1.82) is 0 Å². The summed E-state index contributed by atoms with van der Waals surface area (Å²) in [7, 11) is 1.28. The third-order valence-corrected chi connectivity index (χ3v) is 1.59. The number of carboxylic acids is 1. The van der Waals surface area contributed by atoms with Crippen molar-refractivity contribution in [2.45, 2.75) is 12.8 Å². The number of hydrogen-bond donors (Lipinski definition) is 1. The first kappa shape index (κ1) is 9.63. The second-order valence-corrected chi connectivity index (χ2v) is 2.67. The summed E-state index contributed by atoms with van der Waals surface area (Å²) in [6, 6.07) is 1.05. The molecule has 1 aromatic rings. The molecule has 0 radical (unpaired) electrons. The molecule has 1 heterocycles. The van der Waals surface area contributed by atoms with Gasteiger partial charge in [-0.15, -0.1) is 0 Å². The van der Waals surface area contributed by atoms with Crippen molar-refractivity contribution < 1.29 is 18.7 Å². The number of rotatable bonds is 2. The average molecular weight is 190 g/mol. The first-order valence-electron chi connectivity index (χ1n) is 3.48. The predicted octanol–water partition coefficient (Wildman–Crippen LogP) is 0.905. The number of aryl methyl sites for hydroxylation is 2. The molecule has 0 fully saturated rings. The molecule has 6 heteroatoms. The summed E-state index contributed by atoms with van der Waals surface area (Å²) >= 11 is 0. The van der Waals surface area contributed by atoms with Crippen LogP contribution in [0.3, 0.4) is 0 Å². The molecule has 0 bridgehead atoms. The number of alkyl halides is 2. The van der Waals surface area contributed by atoms with Gasteiger partial charge in [-0.2, -0.15) is 13.9 Å². The van der Waals surface area contributed by atoms with Crippen LogP contribution in [0.2, 0.25) is 0 Å². The Morgan fingerprint density at radius 1 is 1.69 bits per heavy atom. The second-order valence-electron chi connectivity index (χ2n) is 2.67. The summed E-state index contributed by atoms with van der Waals surface area (Å²) in [5.41, 5.74) is -0.254. The number of hydrogen-bond acceptors (Lipinski definition) is 2. The lowest BCUT2D eigenvalue weighted by atomic mass is 10.2. The molecule has 0 saturated heterocycles. The van der Waals surface area contributed by atoms with E-state index in [9.17, 15) is 13.6 Å². The first-order valence-corrected chi connectivity index (χ1v) is 3.48. The van der Waals surface area contributed by atoms with E-state index in [4.69, 9.17) is 5.11 Å². The van der Waals surface area contributed by atoms with Crippen LogP contribution in [0.25, 0.3) is 0 Å². The summed E-state index contributed by atoms with van der Waals surface area (Å²) in [4.78, 5) is 10.2. The van der Waals surface area contributed by atoms with E-state index in [1.807, 2.05) is 0 Å². The third kappa shape index (κ3) is 1.51. The zero-order chi connectivity index (χ0) is 10.2. The van der Waals surface area contributed by atoms with Gasteiger partial charge in [-0.25, -0.2) is 4.79 Å². The highest BCUT2D eigenvalue weighted by atomic mass is 19.3. The smallest absolute Gasteiger partial charge is 0.383 e. The number of carbonyl (C=O) groups is 1. The maximum absolute atomic E-state index is 12.9. The van der Waals surface area contributed by atoms with Gasteiger partial charge < -0.3 is 5.11 Å². The van der Waals surface area contributed by atoms with Crippen LogP contribution < -0.4 is 0 Å². The Bertz CT molecular complexity index is 346. The van der Waals surface area contributed by atoms with Gasteiger partial charge in [-0.05, 0) is 13.0 Å². The van der Waals surface area contributed by atoms with Crippen LogP contribution in [-0.4, -0.2) is 20.9 Å². The fourth-order valence-corrected chi connectivity index (χ4v) is 1.01. The number of aromatic nitrogens is 2. The molecule has 4 nitrogen and oxygen atoms in total. The van der Waals surface area contributed by atoms with E-state index in [1.54, 1.807) is 0 Å². The van der Waals surface area contributed by atoms with Crippen molar-refractivity contribution in [2.24, 2.45) is 7.05 Å². The zero-order valence-electron chi connectivity index (χ0n) is 7.08. The van der Waals surface area contributed by atoms with E-state index in [2.05, 4.69) is 5.10 Å². The topological polar surface area (TPSA) is 55.1 Å². The highest BCUT2D eigenvalue weighted by Gasteiger charge is 2.43. The van der Waals surface area contributed by atoms with E-state index < -0.39 is 17.6 Å². The molecular weight excluding hydrogens is 182 g/mol. The van der Waals surface area contributed by atoms with Gasteiger partial charge in [0.25, 0.3) is 0 Å². The van der Waals surface area contributed by atoms with Gasteiger partial charge >= 0.3 is 11.9 Å². The predicted molar refractivity (Wildman–Crippen MR) is 39.5 cm³/mol. The van der Waals surface area contributed by atoms with Crippen LogP contribution in [0.5, 0.6) is 0 Å². The number of aliphatic carboxylic acids is 1. The van der Waals surface area contributed by atoms with Crippen molar-refractivity contribution in [3.8, 4) is 0 Å². The lowest BCUT2D eigenvalue weighted by molar-refractivity contribution is -0.167. The summed E-state index contributed by atoms with van der Waals surface area (Å²) in [5.74, 6) is -6.05. The molecule has 1 aromatic heterocycles. The molecule has 0 aliphatic heterocycles. The van der Waals surface area contributed by atoms with E-state index in [-0.39, 0.29) is 0 Å². The van der Waals surface area contributed by atoms with Crippen LogP contribution in [0.1, 0.15) is 11.4 Å². The van der Waals surface area contributed by atoms with Crippen molar-refractivity contribution >= 4 is 5.97 Å². The quantitative estimate of drug-likeness (QED) is 0.753. The van der Waals surface area contributed by atoms with Crippen molar-refractivity contribution in [2.75, 3.05) is 0 Å². The minimum Gasteiger partial charge on any atom is -0.476 e. The standard InChI is InChI=1S/C7H8F2N2O2/c1-4-3-5(11(2)10-4)7(8,9)6(12)13/h3H,1-2H3,(H,12,13). The van der Waals surface area contributed by atoms with E-state index >= 15 is 0 Å². The van der Waals surface area contributed by atoms with Crippen LogP contribution in [0.4, 0.5) is 8.78 Å². The highest BCUT2D eigenvalue weighted by Crippen LogP contribution is 2.27. The summed E-state index contributed by atoms with van der Waals surface area (Å²) < 4.78 is 26.6. The van der Waals surface area contributed by atoms with Crippen molar-refractivity contribution in [3.63, 3.8) is 0 Å². The summed E-state index contributed by atoms with van der Waals surface area (Å²) in [6.45, 7) is 1.52. The molecule has 0 aromatic carbocycles. The van der Waals surface area contributed by atoms with Gasteiger partial charge in [0, 0.05) is 7.05 Å². The molecule has 1 N–H and O–H groups in total. The van der Waals surface area contributed by atoms with E-state index in [0.29, 0.717) is 5.69 Å². The van der Waals surface area contributed by atoms with E-state index in [1.165, 1.54) is 14.0 Å². The Morgan fingerprint density at radius 3 is 2.54 bits per heavy atom. The van der Waals surface area contributed by atoms with Gasteiger partial charge in [-0.1, -0.05) is 0 Å². The zero-order valence-corrected chi connectivity index (χ0v) is 7.08. The van der Waals surface area contributed by atoms with Gasteiger partial charge in [0.15, 0.2) is 0 Å². The molecule has 72 valence electrons. The van der Waals surface area contributed by atoms with Crippen LogP contribution >= 0.6 is 0 Å². The Balaban J connectivity index is 3.21. The Morgan fingerprint density at radius 2 is 2.23 bits per heavy atom. The normalized spacial score (nSPS) is 11.7. The third-order valence-electron chi connectivity index (χ3n) is 1.59. The monoisotopic (exact) mass is 190 g/mol. The highest BCUT2D eigenvalue weighted by molar-refractivity contribution is 5.76. The molecule has 13 heavy (non-hydrogen) atoms. The summed E-state index contributed by atoms with van der Waals surface area (Å²) in [6.07, 6.45) is 0. The Kier molecular flexibility index (Phi) is 2.07. The Hall–Kier alpha value is -1.46. The van der Waals surface area contributed by atoms with Crippen molar-refractivity contribution in [1.82, 2.24) is 9.78 Å². The fourth-order valence-electron chi connectivity index (χ4n) is 1.01. The molecule has 0 unspecified atom stereocenters. The molecular formula is C7H8F2N2O2. The number of nitrogens with zero attached hydrogens (tertiary/aromatic N) is 2. The molecule has 1 rings (SSSR count). The molecule has 0 spiro atoms. The van der Waals surface area contributed by atoms with E-state index in [0.717, 1.165) is 10.7 Å². The first-order chi connectivity index (χ1) is 5.85. The SMILES string of the molecule is Cc1cc(C(F)(F)C(=O)O)n(C)n1. The van der Waals surface area contributed by atoms with Crippen LogP contribution in [0.15, 0.2) is 6.07 Å². The second kappa shape index (κ2) is 2.79. The minimum atomic E-state index is -3.88. The minimum absolute atomic E-state index is 0.360. The van der Waals surface area contributed by atoms with Gasteiger partial charge in [0.05, 0.1) is 5.69 Å². The van der Waals surface area contributed by atoms with Gasteiger partial charge in [-0.3, -0.25) is 4.68 Å². The average Bonchev–Trinajstić information content (AvgIpc) is 2.30. The largest absolute Gasteiger partial charge is 0.476 e. The van der Waals surface area contributed by atoms with Gasteiger partial charge in [0.1, 0.15) is 5.69 Å². The lowest BCUT2D eigenvalue weighted by Gasteiger charge is -2.10. The molecule has 0 aliphatic rings. The Labute approximate surface area is 72.8 Å². The maximum Gasteiger partial charge on any atom is 0.383 e. The molecule has 0 aliphatic carbocycles. The van der Waals surface area contributed by atoms with Crippen molar-refractivity contribution in [3.05, 3.63) is 17.5 Å². The molecule has 0 saturated carbocycles. The van der Waals surface area contributed by atoms with Gasteiger partial charge in [0.2, 0.25) is 0 Å². The lowest BCUT2D eigenvalue weighted by Crippen LogP contribution is -2.27. The fraction of sp³-hybridized carbons (Fsp3) is 0.429.